The molecule has 8 nitrogen and oxygen atoms in total. The molecule has 2 aliphatic heterocycles. The number of sulfonamides is 1. The number of fused-ring (bicyclic) bond motifs is 1. The predicted octanol–water partition coefficient (Wildman–Crippen LogP) is 3.05. The second-order valence-electron chi connectivity index (χ2n) is 9.27. The van der Waals surface area contributed by atoms with E-state index in [1.165, 1.54) is 22.5 Å². The van der Waals surface area contributed by atoms with Gasteiger partial charge in [0.25, 0.3) is 0 Å². The summed E-state index contributed by atoms with van der Waals surface area (Å²) in [4.78, 5) is 27.5. The van der Waals surface area contributed by atoms with Crippen molar-refractivity contribution in [2.75, 3.05) is 44.9 Å². The quantitative estimate of drug-likeness (QED) is 0.446. The molecular formula is C26H30N2O6S. The van der Waals surface area contributed by atoms with Gasteiger partial charge in [-0.3, -0.25) is 4.79 Å². The molecule has 35 heavy (non-hydrogen) atoms. The zero-order chi connectivity index (χ0) is 25.4. The maximum Gasteiger partial charge on any atom is 0.338 e. The Morgan fingerprint density at radius 3 is 2.49 bits per heavy atom. The highest BCUT2D eigenvalue weighted by Gasteiger charge is 2.38. The molecule has 4 rings (SSSR count). The number of para-hydroxylation sites is 1. The van der Waals surface area contributed by atoms with E-state index in [-0.39, 0.29) is 34.7 Å². The molecule has 0 atom stereocenters. The largest absolute Gasteiger partial charge is 0.454 e. The lowest BCUT2D eigenvalue weighted by molar-refractivity contribution is -0.117. The summed E-state index contributed by atoms with van der Waals surface area (Å²) in [7, 11) is -1.86. The number of morpholine rings is 1. The molecule has 0 unspecified atom stereocenters. The van der Waals surface area contributed by atoms with Gasteiger partial charge in [0.15, 0.2) is 12.4 Å². The Morgan fingerprint density at radius 2 is 1.80 bits per heavy atom. The molecule has 186 valence electrons. The molecule has 1 fully saturated rings. The lowest BCUT2D eigenvalue weighted by atomic mass is 9.83. The summed E-state index contributed by atoms with van der Waals surface area (Å²) >= 11 is 0. The smallest absolute Gasteiger partial charge is 0.338 e. The van der Waals surface area contributed by atoms with E-state index in [4.69, 9.17) is 9.47 Å². The van der Waals surface area contributed by atoms with E-state index in [0.29, 0.717) is 18.8 Å². The number of anilines is 1. The highest BCUT2D eigenvalue weighted by atomic mass is 32.2. The van der Waals surface area contributed by atoms with Crippen molar-refractivity contribution in [3.8, 4) is 0 Å². The Hall–Kier alpha value is -3.01. The highest BCUT2D eigenvalue weighted by Crippen LogP contribution is 2.46. The molecule has 1 saturated heterocycles. The number of allylic oxidation sites excluding steroid dienone is 1. The number of hydrogen-bond donors (Lipinski definition) is 0. The van der Waals surface area contributed by atoms with Crippen molar-refractivity contribution in [2.45, 2.75) is 31.1 Å². The average molecular weight is 499 g/mol. The topological polar surface area (TPSA) is 93.2 Å². The van der Waals surface area contributed by atoms with Gasteiger partial charge in [-0.1, -0.05) is 38.1 Å². The number of esters is 1. The minimum absolute atomic E-state index is 0.0116. The Bertz CT molecular complexity index is 1290. The van der Waals surface area contributed by atoms with Crippen LogP contribution < -0.4 is 4.90 Å². The Labute approximate surface area is 206 Å². The summed E-state index contributed by atoms with van der Waals surface area (Å²) in [6, 6.07) is 12.3. The van der Waals surface area contributed by atoms with Gasteiger partial charge in [-0.15, -0.1) is 0 Å². The zero-order valence-electron chi connectivity index (χ0n) is 20.4. The third-order valence-corrected chi connectivity index (χ3v) is 8.52. The van der Waals surface area contributed by atoms with E-state index >= 15 is 0 Å². The molecule has 2 aromatic carbocycles. The van der Waals surface area contributed by atoms with Crippen LogP contribution in [0.1, 0.15) is 35.3 Å². The number of ketones is 1. The molecule has 0 spiro atoms. The maximum atomic E-state index is 13.0. The number of carbonyl (C=O) groups excluding carboxylic acids is 2. The minimum Gasteiger partial charge on any atom is -0.454 e. The van der Waals surface area contributed by atoms with E-state index < -0.39 is 22.6 Å². The summed E-state index contributed by atoms with van der Waals surface area (Å²) in [5.74, 6) is -1.09. The first kappa shape index (κ1) is 25.1. The molecule has 0 N–H and O–H groups in total. The Balaban J connectivity index is 1.48. The van der Waals surface area contributed by atoms with Crippen LogP contribution in [0.15, 0.2) is 59.1 Å². The van der Waals surface area contributed by atoms with Crippen LogP contribution in [0.4, 0.5) is 5.69 Å². The first-order valence-electron chi connectivity index (χ1n) is 11.5. The van der Waals surface area contributed by atoms with Gasteiger partial charge in [0, 0.05) is 43.0 Å². The van der Waals surface area contributed by atoms with Gasteiger partial charge in [0.05, 0.1) is 23.7 Å². The molecule has 0 aliphatic carbocycles. The summed E-state index contributed by atoms with van der Waals surface area (Å²) in [5, 5.41) is 0. The number of rotatable bonds is 6. The van der Waals surface area contributed by atoms with Crippen LogP contribution >= 0.6 is 0 Å². The molecule has 0 saturated carbocycles. The van der Waals surface area contributed by atoms with Crippen molar-refractivity contribution in [3.05, 3.63) is 70.9 Å². The number of carbonyl (C=O) groups is 2. The molecule has 0 bridgehead atoms. The van der Waals surface area contributed by atoms with E-state index in [2.05, 4.69) is 0 Å². The molecule has 0 amide bonds. The van der Waals surface area contributed by atoms with Crippen molar-refractivity contribution in [1.82, 2.24) is 4.31 Å². The SMILES string of the molecule is Cc1ccc(S(=O)(=O)N2CCOCC2)cc1C(=O)OCC(=O)/C=C1\N(C)c2ccccc2C1(C)C. The first-order chi connectivity index (χ1) is 16.5. The van der Waals surface area contributed by atoms with E-state index in [1.54, 1.807) is 13.0 Å². The molecule has 9 heteroatoms. The Kier molecular flexibility index (Phi) is 6.86. The third kappa shape index (κ3) is 4.76. The van der Waals surface area contributed by atoms with Crippen molar-refractivity contribution < 1.29 is 27.5 Å². The maximum absolute atomic E-state index is 13.0. The standard InChI is InChI=1S/C26H30N2O6S/c1-18-9-10-20(35(31,32)28-11-13-33-14-12-28)16-21(18)25(30)34-17-19(29)15-24-26(2,3)22-7-5-6-8-23(22)27(24)4/h5-10,15-16H,11-14,17H2,1-4H3/b24-15-. The fraction of sp³-hybridized carbons (Fsp3) is 0.385. The van der Waals surface area contributed by atoms with E-state index in [9.17, 15) is 18.0 Å². The van der Waals surface area contributed by atoms with Gasteiger partial charge >= 0.3 is 5.97 Å². The fourth-order valence-corrected chi connectivity index (χ4v) is 6.02. The van der Waals surface area contributed by atoms with Crippen LogP contribution in [0.2, 0.25) is 0 Å². The average Bonchev–Trinajstić information content (AvgIpc) is 3.04. The molecular weight excluding hydrogens is 468 g/mol. The molecule has 2 aromatic rings. The normalized spacial score (nSPS) is 19.0. The second-order valence-corrected chi connectivity index (χ2v) is 11.2. The summed E-state index contributed by atoms with van der Waals surface area (Å²) < 4.78 is 37.8. The first-order valence-corrected chi connectivity index (χ1v) is 12.9. The monoisotopic (exact) mass is 498 g/mol. The third-order valence-electron chi connectivity index (χ3n) is 6.62. The molecule has 0 aromatic heterocycles. The van der Waals surface area contributed by atoms with E-state index in [1.807, 2.05) is 50.1 Å². The van der Waals surface area contributed by atoms with Crippen molar-refractivity contribution in [1.29, 1.82) is 0 Å². The van der Waals surface area contributed by atoms with Gasteiger partial charge < -0.3 is 14.4 Å². The fourth-order valence-electron chi connectivity index (χ4n) is 4.58. The molecule has 2 aliphatic rings. The highest BCUT2D eigenvalue weighted by molar-refractivity contribution is 7.89. The zero-order valence-corrected chi connectivity index (χ0v) is 21.2. The number of likely N-dealkylation sites (N-methyl/N-ethyl adjacent to an activating group) is 1. The van der Waals surface area contributed by atoms with Gasteiger partial charge in [0.2, 0.25) is 10.0 Å². The molecule has 2 heterocycles. The lowest BCUT2D eigenvalue weighted by Gasteiger charge is -2.26. The van der Waals surface area contributed by atoms with Gasteiger partial charge in [0.1, 0.15) is 0 Å². The minimum atomic E-state index is -3.76. The van der Waals surface area contributed by atoms with Crippen LogP contribution in [0.5, 0.6) is 0 Å². The van der Waals surface area contributed by atoms with Crippen LogP contribution in [0, 0.1) is 6.92 Å². The van der Waals surface area contributed by atoms with Crippen molar-refractivity contribution >= 4 is 27.5 Å². The number of benzene rings is 2. The van der Waals surface area contributed by atoms with Crippen LogP contribution in [0.25, 0.3) is 0 Å². The van der Waals surface area contributed by atoms with Crippen LogP contribution in [0.3, 0.4) is 0 Å². The number of ether oxygens (including phenoxy) is 2. The van der Waals surface area contributed by atoms with Gasteiger partial charge in [-0.25, -0.2) is 13.2 Å². The lowest BCUT2D eigenvalue weighted by Crippen LogP contribution is -2.40. The van der Waals surface area contributed by atoms with Crippen LogP contribution in [-0.4, -0.2) is 64.4 Å². The summed E-state index contributed by atoms with van der Waals surface area (Å²) in [5.41, 5.74) is 3.27. The van der Waals surface area contributed by atoms with Gasteiger partial charge in [-0.2, -0.15) is 4.31 Å². The van der Waals surface area contributed by atoms with Crippen molar-refractivity contribution in [3.63, 3.8) is 0 Å². The van der Waals surface area contributed by atoms with E-state index in [0.717, 1.165) is 16.9 Å². The number of aryl methyl sites for hydroxylation is 1. The molecule has 0 radical (unpaired) electrons. The van der Waals surface area contributed by atoms with Gasteiger partial charge in [-0.05, 0) is 36.2 Å². The number of nitrogens with zero attached hydrogens (tertiary/aromatic N) is 2. The van der Waals surface area contributed by atoms with Crippen molar-refractivity contribution in [2.24, 2.45) is 0 Å². The summed E-state index contributed by atoms with van der Waals surface area (Å²) in [6.07, 6.45) is 1.51. The predicted molar refractivity (Wildman–Crippen MR) is 132 cm³/mol. The second kappa shape index (κ2) is 9.56. The number of hydrogen-bond acceptors (Lipinski definition) is 7. The summed E-state index contributed by atoms with van der Waals surface area (Å²) in [6.45, 7) is 6.51. The van der Waals surface area contributed by atoms with Crippen LogP contribution in [-0.2, 0) is 29.7 Å². The Morgan fingerprint density at radius 1 is 1.11 bits per heavy atom.